The minimum absolute atomic E-state index is 0.173. The number of hydrogen-bond donors (Lipinski definition) is 1. The number of benzene rings is 1. The minimum atomic E-state index is -3.27. The minimum Gasteiger partial charge on any atom is -0.321 e. The predicted octanol–water partition coefficient (Wildman–Crippen LogP) is 2.86. The molecule has 5 heteroatoms. The Hall–Kier alpha value is -0.580. The maximum Gasteiger partial charge on any atom is 0.176 e. The Morgan fingerprint density at radius 2 is 1.83 bits per heavy atom. The molecule has 0 atom stereocenters. The number of hydrogen-bond acceptors (Lipinski definition) is 3. The molecule has 0 aliphatic heterocycles. The van der Waals surface area contributed by atoms with E-state index >= 15 is 0 Å². The summed E-state index contributed by atoms with van der Waals surface area (Å²) in [7, 11) is -3.27. The zero-order valence-corrected chi connectivity index (χ0v) is 12.0. The fourth-order valence-corrected chi connectivity index (χ4v) is 3.91. The molecule has 2 rings (SSSR count). The van der Waals surface area contributed by atoms with Crippen LogP contribution in [0, 0.1) is 0 Å². The van der Waals surface area contributed by atoms with Crippen LogP contribution >= 0.6 is 11.6 Å². The molecule has 1 aromatic rings. The van der Waals surface area contributed by atoms with Crippen molar-refractivity contribution >= 4 is 21.4 Å². The van der Waals surface area contributed by atoms with Gasteiger partial charge in [0.1, 0.15) is 0 Å². The number of rotatable bonds is 2. The second-order valence-electron chi connectivity index (χ2n) is 5.13. The second-order valence-corrected chi connectivity index (χ2v) is 7.53. The molecule has 1 aliphatic carbocycles. The van der Waals surface area contributed by atoms with E-state index < -0.39 is 9.84 Å². The molecule has 0 unspecified atom stereocenters. The zero-order valence-electron chi connectivity index (χ0n) is 10.4. The third kappa shape index (κ3) is 2.71. The molecule has 1 aliphatic rings. The van der Waals surface area contributed by atoms with Gasteiger partial charge in [0.15, 0.2) is 9.84 Å². The molecule has 2 N–H and O–H groups in total. The molecule has 1 fully saturated rings. The van der Waals surface area contributed by atoms with Crippen molar-refractivity contribution in [1.29, 1.82) is 0 Å². The smallest absolute Gasteiger partial charge is 0.176 e. The highest BCUT2D eigenvalue weighted by Gasteiger charge is 2.30. The fraction of sp³-hybridized carbons (Fsp3) is 0.538. The summed E-state index contributed by atoms with van der Waals surface area (Å²) in [5.41, 5.74) is 7.00. The predicted molar refractivity (Wildman–Crippen MR) is 73.5 cm³/mol. The summed E-state index contributed by atoms with van der Waals surface area (Å²) in [6, 6.07) is 5.08. The molecule has 3 nitrogen and oxygen atoms in total. The van der Waals surface area contributed by atoms with Crippen LogP contribution in [0.15, 0.2) is 23.1 Å². The summed E-state index contributed by atoms with van der Waals surface area (Å²) < 4.78 is 23.0. The van der Waals surface area contributed by atoms with Crippen molar-refractivity contribution in [2.75, 3.05) is 6.26 Å². The molecule has 1 saturated carbocycles. The van der Waals surface area contributed by atoms with E-state index in [1.165, 1.54) is 6.42 Å². The van der Waals surface area contributed by atoms with Crippen LogP contribution in [0.2, 0.25) is 5.02 Å². The van der Waals surface area contributed by atoms with Gasteiger partial charge in [-0.05, 0) is 30.5 Å². The van der Waals surface area contributed by atoms with E-state index in [0.29, 0.717) is 0 Å². The maximum atomic E-state index is 11.5. The van der Waals surface area contributed by atoms with Gasteiger partial charge in [-0.3, -0.25) is 0 Å². The lowest BCUT2D eigenvalue weighted by Gasteiger charge is -2.34. The molecular weight excluding hydrogens is 270 g/mol. The first-order valence-electron chi connectivity index (χ1n) is 6.12. The molecule has 0 radical (unpaired) electrons. The van der Waals surface area contributed by atoms with E-state index in [4.69, 9.17) is 17.3 Å². The lowest BCUT2D eigenvalue weighted by atomic mass is 9.77. The Balaban J connectivity index is 2.40. The molecule has 1 aromatic carbocycles. The van der Waals surface area contributed by atoms with Gasteiger partial charge in [-0.1, -0.05) is 36.9 Å². The first-order valence-corrected chi connectivity index (χ1v) is 8.39. The van der Waals surface area contributed by atoms with Crippen LogP contribution < -0.4 is 5.73 Å². The van der Waals surface area contributed by atoms with Crippen molar-refractivity contribution in [3.05, 3.63) is 28.8 Å². The average Bonchev–Trinajstić information content (AvgIpc) is 2.28. The monoisotopic (exact) mass is 287 g/mol. The second kappa shape index (κ2) is 4.83. The molecule has 0 spiro atoms. The zero-order chi connectivity index (χ0) is 13.4. The quantitative estimate of drug-likeness (QED) is 0.910. The van der Waals surface area contributed by atoms with Crippen LogP contribution in [0.1, 0.15) is 37.7 Å². The van der Waals surface area contributed by atoms with Gasteiger partial charge in [0.2, 0.25) is 0 Å². The summed E-state index contributed by atoms with van der Waals surface area (Å²) in [5, 5.41) is 0.269. The Kier molecular flexibility index (Phi) is 3.72. The normalized spacial score (nSPS) is 19.7. The maximum absolute atomic E-state index is 11.5. The van der Waals surface area contributed by atoms with Gasteiger partial charge in [0.05, 0.1) is 9.92 Å². The summed E-state index contributed by atoms with van der Waals surface area (Å²) in [6.07, 6.45) is 6.47. The van der Waals surface area contributed by atoms with Crippen LogP contribution in [0.5, 0.6) is 0 Å². The molecule has 0 bridgehead atoms. The van der Waals surface area contributed by atoms with E-state index in [2.05, 4.69) is 0 Å². The highest BCUT2D eigenvalue weighted by molar-refractivity contribution is 7.90. The third-order valence-corrected chi connectivity index (χ3v) is 5.23. The fourth-order valence-electron chi connectivity index (χ4n) is 2.58. The Bertz CT molecular complexity index is 548. The molecule has 0 heterocycles. The van der Waals surface area contributed by atoms with E-state index in [-0.39, 0.29) is 15.5 Å². The SMILES string of the molecule is CS(=O)(=O)c1ccc(C2(N)CCCCC2)cc1Cl. The highest BCUT2D eigenvalue weighted by atomic mass is 35.5. The summed E-state index contributed by atoms with van der Waals surface area (Å²) >= 11 is 6.06. The van der Waals surface area contributed by atoms with Crippen molar-refractivity contribution in [2.24, 2.45) is 5.73 Å². The Morgan fingerprint density at radius 3 is 2.33 bits per heavy atom. The van der Waals surface area contributed by atoms with Gasteiger partial charge < -0.3 is 5.73 Å². The van der Waals surface area contributed by atoms with Crippen LogP contribution in [0.25, 0.3) is 0 Å². The van der Waals surface area contributed by atoms with E-state index in [1.54, 1.807) is 18.2 Å². The number of nitrogens with two attached hydrogens (primary N) is 1. The van der Waals surface area contributed by atoms with Crippen LogP contribution in [-0.4, -0.2) is 14.7 Å². The first kappa shape index (κ1) is 13.8. The molecule has 100 valence electrons. The molecule has 0 amide bonds. The lowest BCUT2D eigenvalue weighted by Crippen LogP contribution is -2.38. The highest BCUT2D eigenvalue weighted by Crippen LogP contribution is 2.36. The van der Waals surface area contributed by atoms with Crippen molar-refractivity contribution in [2.45, 2.75) is 42.5 Å². The third-order valence-electron chi connectivity index (χ3n) is 3.65. The van der Waals surface area contributed by atoms with Gasteiger partial charge in [-0.25, -0.2) is 8.42 Å². The van der Waals surface area contributed by atoms with Crippen molar-refractivity contribution in [3.8, 4) is 0 Å². The number of sulfone groups is 1. The van der Waals surface area contributed by atoms with Gasteiger partial charge >= 0.3 is 0 Å². The number of halogens is 1. The Morgan fingerprint density at radius 1 is 1.22 bits per heavy atom. The Labute approximate surface area is 113 Å². The molecule has 0 aromatic heterocycles. The topological polar surface area (TPSA) is 60.2 Å². The van der Waals surface area contributed by atoms with Gasteiger partial charge in [0, 0.05) is 11.8 Å². The van der Waals surface area contributed by atoms with E-state index in [1.807, 2.05) is 0 Å². The first-order chi connectivity index (χ1) is 8.33. The van der Waals surface area contributed by atoms with Gasteiger partial charge in [0.25, 0.3) is 0 Å². The molecular formula is C13H18ClNO2S. The molecule has 0 saturated heterocycles. The summed E-state index contributed by atoms with van der Waals surface area (Å²) in [5.74, 6) is 0. The van der Waals surface area contributed by atoms with Crippen molar-refractivity contribution in [1.82, 2.24) is 0 Å². The van der Waals surface area contributed by atoms with E-state index in [0.717, 1.165) is 37.5 Å². The van der Waals surface area contributed by atoms with Crippen LogP contribution in [0.3, 0.4) is 0 Å². The van der Waals surface area contributed by atoms with Crippen molar-refractivity contribution in [3.63, 3.8) is 0 Å². The lowest BCUT2D eigenvalue weighted by molar-refractivity contribution is 0.302. The largest absolute Gasteiger partial charge is 0.321 e. The van der Waals surface area contributed by atoms with Crippen molar-refractivity contribution < 1.29 is 8.42 Å². The molecule has 18 heavy (non-hydrogen) atoms. The summed E-state index contributed by atoms with van der Waals surface area (Å²) in [6.45, 7) is 0. The van der Waals surface area contributed by atoms with Gasteiger partial charge in [-0.15, -0.1) is 0 Å². The average molecular weight is 288 g/mol. The standard InChI is InChI=1S/C13H18ClNO2S/c1-18(16,17)12-6-5-10(9-11(12)14)13(15)7-3-2-4-8-13/h5-6,9H,2-4,7-8,15H2,1H3. The van der Waals surface area contributed by atoms with Gasteiger partial charge in [-0.2, -0.15) is 0 Å². The van der Waals surface area contributed by atoms with Crippen LogP contribution in [0.4, 0.5) is 0 Å². The summed E-state index contributed by atoms with van der Waals surface area (Å²) in [4.78, 5) is 0.173. The van der Waals surface area contributed by atoms with E-state index in [9.17, 15) is 8.42 Å². The van der Waals surface area contributed by atoms with Crippen LogP contribution in [-0.2, 0) is 15.4 Å².